The number of benzene rings is 1. The molecule has 4 aromatic rings. The van der Waals surface area contributed by atoms with E-state index < -0.39 is 6.09 Å². The number of nitrogens with one attached hydrogen (secondary N) is 1. The summed E-state index contributed by atoms with van der Waals surface area (Å²) >= 11 is 0. The average Bonchev–Trinajstić information content (AvgIpc) is 3.26. The molecular formula is C25H25N7O3. The quantitative estimate of drug-likeness (QED) is 0.410. The summed E-state index contributed by atoms with van der Waals surface area (Å²) in [5, 5.41) is 12.4. The van der Waals surface area contributed by atoms with Gasteiger partial charge in [-0.15, -0.1) is 0 Å². The summed E-state index contributed by atoms with van der Waals surface area (Å²) in [5.74, 6) is 1.21. The number of likely N-dealkylation sites (tertiary alicyclic amines) is 1. The Morgan fingerprint density at radius 2 is 1.89 bits per heavy atom. The minimum atomic E-state index is -0.927. The number of carboxylic acid groups (broad SMARTS) is 1. The van der Waals surface area contributed by atoms with Gasteiger partial charge in [0.25, 0.3) is 5.91 Å². The number of rotatable bonds is 4. The molecule has 0 spiro atoms. The van der Waals surface area contributed by atoms with Gasteiger partial charge in [0.1, 0.15) is 28.7 Å². The van der Waals surface area contributed by atoms with Crippen LogP contribution in [-0.4, -0.2) is 53.9 Å². The number of imidazole rings is 1. The van der Waals surface area contributed by atoms with E-state index in [-0.39, 0.29) is 17.9 Å². The number of amides is 2. The minimum absolute atomic E-state index is 0.0361. The van der Waals surface area contributed by atoms with E-state index in [4.69, 9.17) is 10.7 Å². The van der Waals surface area contributed by atoms with E-state index in [1.54, 1.807) is 48.9 Å². The number of anilines is 2. The van der Waals surface area contributed by atoms with E-state index in [0.717, 1.165) is 24.2 Å². The Morgan fingerprint density at radius 1 is 1.09 bits per heavy atom. The van der Waals surface area contributed by atoms with Gasteiger partial charge in [-0.05, 0) is 44.0 Å². The third-order valence-electron chi connectivity index (χ3n) is 6.43. The van der Waals surface area contributed by atoms with Crippen molar-refractivity contribution in [3.63, 3.8) is 0 Å². The number of piperidine rings is 1. The van der Waals surface area contributed by atoms with Crippen molar-refractivity contribution in [2.75, 3.05) is 17.6 Å². The second-order valence-corrected chi connectivity index (χ2v) is 8.65. The zero-order valence-electron chi connectivity index (χ0n) is 19.1. The highest BCUT2D eigenvalue weighted by Crippen LogP contribution is 2.35. The Morgan fingerprint density at radius 3 is 2.60 bits per heavy atom. The largest absolute Gasteiger partial charge is 0.465 e. The van der Waals surface area contributed by atoms with Gasteiger partial charge in [-0.1, -0.05) is 18.2 Å². The van der Waals surface area contributed by atoms with Gasteiger partial charge in [0, 0.05) is 48.2 Å². The van der Waals surface area contributed by atoms with Crippen LogP contribution in [0.3, 0.4) is 0 Å². The molecule has 0 saturated carbocycles. The average molecular weight is 472 g/mol. The van der Waals surface area contributed by atoms with Gasteiger partial charge in [0.2, 0.25) is 0 Å². The first-order chi connectivity index (χ1) is 16.9. The molecule has 10 nitrogen and oxygen atoms in total. The lowest BCUT2D eigenvalue weighted by molar-refractivity contribution is 0.102. The van der Waals surface area contributed by atoms with Crippen LogP contribution in [0, 0.1) is 0 Å². The van der Waals surface area contributed by atoms with Crippen molar-refractivity contribution >= 4 is 29.2 Å². The molecule has 0 radical (unpaired) electrons. The molecule has 1 aliphatic heterocycles. The summed E-state index contributed by atoms with van der Waals surface area (Å²) in [5.41, 5.74) is 8.81. The van der Waals surface area contributed by atoms with E-state index in [0.29, 0.717) is 35.0 Å². The summed E-state index contributed by atoms with van der Waals surface area (Å²) in [4.78, 5) is 39.1. The van der Waals surface area contributed by atoms with Crippen molar-refractivity contribution in [3.8, 4) is 11.3 Å². The number of nitrogens with zero attached hydrogens (tertiary/aromatic N) is 5. The van der Waals surface area contributed by atoms with Crippen LogP contribution in [0.2, 0.25) is 0 Å². The van der Waals surface area contributed by atoms with Crippen molar-refractivity contribution < 1.29 is 14.7 Å². The second kappa shape index (κ2) is 9.05. The maximum Gasteiger partial charge on any atom is 0.407 e. The lowest BCUT2D eigenvalue weighted by atomic mass is 9.93. The van der Waals surface area contributed by atoms with Crippen LogP contribution < -0.4 is 11.1 Å². The highest BCUT2D eigenvalue weighted by Gasteiger charge is 2.32. The zero-order chi connectivity index (χ0) is 24.5. The lowest BCUT2D eigenvalue weighted by Crippen LogP contribution is -2.44. The van der Waals surface area contributed by atoms with Crippen LogP contribution in [0.15, 0.2) is 61.1 Å². The van der Waals surface area contributed by atoms with Crippen LogP contribution in [0.4, 0.5) is 16.4 Å². The molecule has 2 atom stereocenters. The summed E-state index contributed by atoms with van der Waals surface area (Å²) in [6.07, 6.45) is 5.67. The van der Waals surface area contributed by atoms with Crippen molar-refractivity contribution in [1.82, 2.24) is 24.3 Å². The highest BCUT2D eigenvalue weighted by atomic mass is 16.4. The second-order valence-electron chi connectivity index (χ2n) is 8.65. The van der Waals surface area contributed by atoms with Gasteiger partial charge in [-0.25, -0.2) is 19.7 Å². The van der Waals surface area contributed by atoms with E-state index in [9.17, 15) is 14.7 Å². The maximum absolute atomic E-state index is 12.6. The summed E-state index contributed by atoms with van der Waals surface area (Å²) in [6, 6.07) is 12.3. The molecule has 1 aromatic carbocycles. The van der Waals surface area contributed by atoms with Crippen molar-refractivity contribution in [3.05, 3.63) is 72.4 Å². The molecular weight excluding hydrogens is 446 g/mol. The normalized spacial score (nSPS) is 17.9. The number of nitrogen functional groups attached to an aromatic ring is 1. The van der Waals surface area contributed by atoms with Crippen LogP contribution in [0.25, 0.3) is 16.8 Å². The summed E-state index contributed by atoms with van der Waals surface area (Å²) in [7, 11) is 0. The molecule has 2 amide bonds. The van der Waals surface area contributed by atoms with Crippen LogP contribution in [0.5, 0.6) is 0 Å². The van der Waals surface area contributed by atoms with Crippen molar-refractivity contribution in [2.24, 2.45) is 0 Å². The van der Waals surface area contributed by atoms with E-state index in [1.165, 1.54) is 4.90 Å². The SMILES string of the molecule is C[C@H]1CC[C@@H](c2nc(-c3ccc(C(=O)Nc4ccccn4)cc3)c3c(N)nccn23)CN1C(=O)O. The smallest absolute Gasteiger partial charge is 0.407 e. The number of aromatic nitrogens is 4. The minimum Gasteiger partial charge on any atom is -0.465 e. The fourth-order valence-electron chi connectivity index (χ4n) is 4.57. The molecule has 0 aliphatic carbocycles. The number of pyridine rings is 1. The van der Waals surface area contributed by atoms with Crippen LogP contribution in [-0.2, 0) is 0 Å². The molecule has 4 N–H and O–H groups in total. The summed E-state index contributed by atoms with van der Waals surface area (Å²) in [6.45, 7) is 2.29. The number of carbonyl (C=O) groups is 2. The molecule has 1 aliphatic rings. The van der Waals surface area contributed by atoms with Crippen LogP contribution in [0.1, 0.15) is 41.9 Å². The molecule has 5 rings (SSSR count). The van der Waals surface area contributed by atoms with E-state index >= 15 is 0 Å². The lowest BCUT2D eigenvalue weighted by Gasteiger charge is -2.35. The van der Waals surface area contributed by atoms with E-state index in [2.05, 4.69) is 15.3 Å². The predicted molar refractivity (Wildman–Crippen MR) is 131 cm³/mol. The van der Waals surface area contributed by atoms with Crippen molar-refractivity contribution in [1.29, 1.82) is 0 Å². The fourth-order valence-corrected chi connectivity index (χ4v) is 4.57. The summed E-state index contributed by atoms with van der Waals surface area (Å²) < 4.78 is 1.90. The Balaban J connectivity index is 1.48. The van der Waals surface area contributed by atoms with Gasteiger partial charge >= 0.3 is 6.09 Å². The fraction of sp³-hybridized carbons (Fsp3) is 0.240. The standard InChI is InChI=1S/C25H25N7O3/c1-15-5-6-18(14-32(15)25(34)35)23-30-20(21-22(26)28-12-13-31(21)23)16-7-9-17(10-8-16)24(33)29-19-4-2-3-11-27-19/h2-4,7-13,15,18H,5-6,14H2,1H3,(H2,26,28)(H,34,35)(H,27,29,33)/t15-,18+/m0/s1. The van der Waals surface area contributed by atoms with E-state index in [1.807, 2.05) is 23.5 Å². The van der Waals surface area contributed by atoms with Gasteiger partial charge in [0.15, 0.2) is 0 Å². The molecule has 0 bridgehead atoms. The molecule has 0 unspecified atom stereocenters. The number of carbonyl (C=O) groups excluding carboxylic acids is 1. The Kier molecular flexibility index (Phi) is 5.77. The molecule has 35 heavy (non-hydrogen) atoms. The first-order valence-electron chi connectivity index (χ1n) is 11.4. The maximum atomic E-state index is 12.6. The van der Waals surface area contributed by atoms with Gasteiger partial charge in [-0.3, -0.25) is 9.20 Å². The van der Waals surface area contributed by atoms with Crippen molar-refractivity contribution in [2.45, 2.75) is 31.7 Å². The van der Waals surface area contributed by atoms with Gasteiger partial charge in [0.05, 0.1) is 0 Å². The number of hydrogen-bond donors (Lipinski definition) is 3. The van der Waals surface area contributed by atoms with Gasteiger partial charge in [-0.2, -0.15) is 0 Å². The third-order valence-corrected chi connectivity index (χ3v) is 6.43. The zero-order valence-corrected chi connectivity index (χ0v) is 19.1. The number of hydrogen-bond acceptors (Lipinski definition) is 6. The molecule has 1 saturated heterocycles. The molecule has 10 heteroatoms. The third kappa shape index (κ3) is 4.25. The predicted octanol–water partition coefficient (Wildman–Crippen LogP) is 3.87. The monoisotopic (exact) mass is 471 g/mol. The van der Waals surface area contributed by atoms with Crippen LogP contribution >= 0.6 is 0 Å². The highest BCUT2D eigenvalue weighted by molar-refractivity contribution is 6.04. The first kappa shape index (κ1) is 22.3. The topological polar surface area (TPSA) is 139 Å². The molecule has 3 aromatic heterocycles. The molecule has 4 heterocycles. The van der Waals surface area contributed by atoms with Gasteiger partial charge < -0.3 is 21.1 Å². The molecule has 178 valence electrons. The molecule has 1 fully saturated rings. The Labute approximate surface area is 201 Å². The Bertz CT molecular complexity index is 1390. The number of fused-ring (bicyclic) bond motifs is 1. The number of nitrogens with two attached hydrogens (primary N) is 1. The Hall–Kier alpha value is -4.47. The first-order valence-corrected chi connectivity index (χ1v) is 11.4.